The minimum atomic E-state index is -0.810. The van der Waals surface area contributed by atoms with Gasteiger partial charge < -0.3 is 14.2 Å². The molecule has 1 unspecified atom stereocenters. The van der Waals surface area contributed by atoms with Crippen LogP contribution in [0, 0.1) is 0 Å². The van der Waals surface area contributed by atoms with E-state index in [9.17, 15) is 14.4 Å². The van der Waals surface area contributed by atoms with Crippen molar-refractivity contribution in [3.8, 4) is 0 Å². The number of hydrogen-bond acceptors (Lipinski definition) is 6. The third kappa shape index (κ3) is 52.8. The van der Waals surface area contributed by atoms with Crippen molar-refractivity contribution in [3.05, 3.63) is 122 Å². The second kappa shape index (κ2) is 55.4. The number of rotatable bonds is 48. The molecule has 0 fully saturated rings. The Kier molecular flexibility index (Phi) is 52.0. The molecule has 0 bridgehead atoms. The van der Waals surface area contributed by atoms with Crippen LogP contribution in [-0.4, -0.2) is 37.2 Å². The average Bonchev–Trinajstić information content (AvgIpc) is 3.34. The number of ether oxygens (including phenoxy) is 3. The van der Waals surface area contributed by atoms with Gasteiger partial charge in [0.05, 0.1) is 0 Å². The molecule has 0 aromatic carbocycles. The van der Waals surface area contributed by atoms with E-state index in [1.807, 2.05) is 0 Å². The molecule has 384 valence electrons. The van der Waals surface area contributed by atoms with Crippen LogP contribution in [0.5, 0.6) is 0 Å². The third-order valence-electron chi connectivity index (χ3n) is 11.2. The van der Waals surface area contributed by atoms with Gasteiger partial charge in [0.15, 0.2) is 6.10 Å². The van der Waals surface area contributed by atoms with Crippen molar-refractivity contribution in [2.24, 2.45) is 0 Å². The fourth-order valence-electron chi connectivity index (χ4n) is 7.10. The van der Waals surface area contributed by atoms with Crippen LogP contribution < -0.4 is 0 Å². The molecule has 0 amide bonds. The summed E-state index contributed by atoms with van der Waals surface area (Å²) in [7, 11) is 0. The summed E-state index contributed by atoms with van der Waals surface area (Å²) in [5, 5.41) is 0. The first kappa shape index (κ1) is 63.8. The summed E-state index contributed by atoms with van der Waals surface area (Å²) in [6.45, 7) is 6.33. The molecule has 0 saturated carbocycles. The predicted octanol–water partition coefficient (Wildman–Crippen LogP) is 18.5. The van der Waals surface area contributed by atoms with Crippen LogP contribution in [-0.2, 0) is 28.6 Å². The van der Waals surface area contributed by atoms with E-state index in [0.29, 0.717) is 19.3 Å². The molecule has 0 heterocycles. The molecule has 68 heavy (non-hydrogen) atoms. The van der Waals surface area contributed by atoms with Crippen LogP contribution in [0.4, 0.5) is 0 Å². The van der Waals surface area contributed by atoms with Gasteiger partial charge in [0.2, 0.25) is 0 Å². The summed E-state index contributed by atoms with van der Waals surface area (Å²) >= 11 is 0. The van der Waals surface area contributed by atoms with Gasteiger partial charge in [-0.3, -0.25) is 14.4 Å². The minimum Gasteiger partial charge on any atom is -0.462 e. The van der Waals surface area contributed by atoms with Gasteiger partial charge in [-0.1, -0.05) is 206 Å². The highest BCUT2D eigenvalue weighted by atomic mass is 16.6. The highest BCUT2D eigenvalue weighted by Gasteiger charge is 2.19. The summed E-state index contributed by atoms with van der Waals surface area (Å²) in [6, 6.07) is 0. The molecule has 0 saturated heterocycles. The highest BCUT2D eigenvalue weighted by molar-refractivity contribution is 5.71. The SMILES string of the molecule is CC/C=C\C/C=C\C/C=C\C/C=C\C/C=C\CCCCCC(=O)OCC(COC(=O)CCCCCCC/C=C\C/C=C\C/C=C\CC)OC(=O)CCCCCCC/C=C\C/C=C\CCCCCC. The van der Waals surface area contributed by atoms with Gasteiger partial charge in [0.1, 0.15) is 13.2 Å². The Labute approximate surface area is 418 Å². The molecule has 0 aliphatic heterocycles. The molecule has 0 aromatic rings. The Balaban J connectivity index is 4.52. The molecule has 0 aliphatic carbocycles. The minimum absolute atomic E-state index is 0.107. The van der Waals surface area contributed by atoms with Gasteiger partial charge in [0, 0.05) is 19.3 Å². The first-order valence-corrected chi connectivity index (χ1v) is 27.5. The van der Waals surface area contributed by atoms with Crippen molar-refractivity contribution in [3.63, 3.8) is 0 Å². The third-order valence-corrected chi connectivity index (χ3v) is 11.2. The van der Waals surface area contributed by atoms with E-state index in [4.69, 9.17) is 14.2 Å². The van der Waals surface area contributed by atoms with Crippen LogP contribution in [0.2, 0.25) is 0 Å². The smallest absolute Gasteiger partial charge is 0.306 e. The number of esters is 3. The molecule has 0 spiro atoms. The lowest BCUT2D eigenvalue weighted by atomic mass is 10.1. The maximum absolute atomic E-state index is 12.8. The standard InChI is InChI=1S/C62H100O6/c1-4-7-10-13-16-19-22-25-28-30-31-32-35-37-40-43-46-49-52-55-61(64)67-58-59(57-66-60(63)54-51-48-45-42-39-36-33-27-24-21-18-15-12-9-6-3)68-62(65)56-53-50-47-44-41-38-34-29-26-23-20-17-14-11-8-5-2/h7,9-10,12,16,18-21,23,25,27-29,31-34,37,40,59H,4-6,8,11,13-15,17,22,24,26,30,35-36,38-39,41-58H2,1-3H3/b10-7-,12-9-,19-16-,21-18-,23-20-,28-25-,32-31-,33-27-,34-29-,40-37-. The van der Waals surface area contributed by atoms with E-state index in [2.05, 4.69) is 142 Å². The zero-order valence-electron chi connectivity index (χ0n) is 43.8. The summed E-state index contributed by atoms with van der Waals surface area (Å²) in [6.07, 6.45) is 76.1. The molecule has 1 atom stereocenters. The quantitative estimate of drug-likeness (QED) is 0.0262. The lowest BCUT2D eigenvalue weighted by molar-refractivity contribution is -0.167. The number of allylic oxidation sites excluding steroid dienone is 20. The molecular formula is C62H100O6. The first-order valence-electron chi connectivity index (χ1n) is 27.5. The Hall–Kier alpha value is -4.19. The van der Waals surface area contributed by atoms with Gasteiger partial charge >= 0.3 is 17.9 Å². The predicted molar refractivity (Wildman–Crippen MR) is 293 cm³/mol. The molecule has 6 heteroatoms. The molecule has 0 aliphatic rings. The summed E-state index contributed by atoms with van der Waals surface area (Å²) in [4.78, 5) is 38.1. The fourth-order valence-corrected chi connectivity index (χ4v) is 7.10. The van der Waals surface area contributed by atoms with Crippen molar-refractivity contribution in [1.82, 2.24) is 0 Å². The Morgan fingerprint density at radius 2 is 0.574 bits per heavy atom. The van der Waals surface area contributed by atoms with E-state index in [1.165, 1.54) is 32.1 Å². The van der Waals surface area contributed by atoms with Crippen LogP contribution in [0.1, 0.15) is 233 Å². The van der Waals surface area contributed by atoms with Crippen LogP contribution in [0.25, 0.3) is 0 Å². The first-order chi connectivity index (χ1) is 33.5. The fraction of sp³-hybridized carbons (Fsp3) is 0.629. The maximum Gasteiger partial charge on any atom is 0.306 e. The van der Waals surface area contributed by atoms with Gasteiger partial charge in [-0.2, -0.15) is 0 Å². The summed E-state index contributed by atoms with van der Waals surface area (Å²) in [5.74, 6) is -0.973. The molecule has 6 nitrogen and oxygen atoms in total. The summed E-state index contributed by atoms with van der Waals surface area (Å²) < 4.78 is 16.8. The zero-order chi connectivity index (χ0) is 49.3. The van der Waals surface area contributed by atoms with E-state index in [1.54, 1.807) is 0 Å². The molecule has 0 rings (SSSR count). The second-order valence-electron chi connectivity index (χ2n) is 17.7. The number of hydrogen-bond donors (Lipinski definition) is 0. The number of carbonyl (C=O) groups is 3. The van der Waals surface area contributed by atoms with Gasteiger partial charge in [-0.25, -0.2) is 0 Å². The van der Waals surface area contributed by atoms with Gasteiger partial charge in [-0.05, 0) is 128 Å². The Morgan fingerprint density at radius 1 is 0.309 bits per heavy atom. The van der Waals surface area contributed by atoms with Crippen LogP contribution in [0.3, 0.4) is 0 Å². The summed E-state index contributed by atoms with van der Waals surface area (Å²) in [5.41, 5.74) is 0. The van der Waals surface area contributed by atoms with E-state index >= 15 is 0 Å². The average molecular weight is 941 g/mol. The van der Waals surface area contributed by atoms with Crippen molar-refractivity contribution in [1.29, 1.82) is 0 Å². The lowest BCUT2D eigenvalue weighted by Gasteiger charge is -2.18. The van der Waals surface area contributed by atoms with Crippen LogP contribution >= 0.6 is 0 Å². The second-order valence-corrected chi connectivity index (χ2v) is 17.7. The molecule has 0 aromatic heterocycles. The Bertz CT molecular complexity index is 1450. The monoisotopic (exact) mass is 941 g/mol. The van der Waals surface area contributed by atoms with Gasteiger partial charge in [0.25, 0.3) is 0 Å². The molecular weight excluding hydrogens is 841 g/mol. The normalized spacial score (nSPS) is 13.0. The van der Waals surface area contributed by atoms with Crippen molar-refractivity contribution < 1.29 is 28.6 Å². The zero-order valence-corrected chi connectivity index (χ0v) is 43.8. The van der Waals surface area contributed by atoms with Gasteiger partial charge in [-0.15, -0.1) is 0 Å². The number of unbranched alkanes of at least 4 members (excludes halogenated alkanes) is 17. The number of carbonyl (C=O) groups excluding carboxylic acids is 3. The maximum atomic E-state index is 12.8. The van der Waals surface area contributed by atoms with Crippen LogP contribution in [0.15, 0.2) is 122 Å². The van der Waals surface area contributed by atoms with E-state index < -0.39 is 6.10 Å². The van der Waals surface area contributed by atoms with Crippen molar-refractivity contribution >= 4 is 17.9 Å². The lowest BCUT2D eigenvalue weighted by Crippen LogP contribution is -2.30. The largest absolute Gasteiger partial charge is 0.462 e. The van der Waals surface area contributed by atoms with Crippen molar-refractivity contribution in [2.45, 2.75) is 239 Å². The Morgan fingerprint density at radius 3 is 0.912 bits per heavy atom. The topological polar surface area (TPSA) is 78.9 Å². The van der Waals surface area contributed by atoms with E-state index in [-0.39, 0.29) is 31.1 Å². The molecule has 0 N–H and O–H groups in total. The highest BCUT2D eigenvalue weighted by Crippen LogP contribution is 2.13. The van der Waals surface area contributed by atoms with E-state index in [0.717, 1.165) is 161 Å². The molecule has 0 radical (unpaired) electrons. The van der Waals surface area contributed by atoms with Crippen molar-refractivity contribution in [2.75, 3.05) is 13.2 Å².